The summed E-state index contributed by atoms with van der Waals surface area (Å²) in [7, 11) is 1.69. The Morgan fingerprint density at radius 2 is 2.19 bits per heavy atom. The number of methoxy groups -OCH3 is 1. The lowest BCUT2D eigenvalue weighted by Crippen LogP contribution is -2.45. The third kappa shape index (κ3) is 3.36. The number of rotatable bonds is 4. The van der Waals surface area contributed by atoms with Crippen LogP contribution in [0.1, 0.15) is 44.1 Å². The number of hydrogen-bond donors (Lipinski definition) is 1. The zero-order chi connectivity index (χ0) is 14.7. The highest BCUT2D eigenvalue weighted by Crippen LogP contribution is 2.40. The van der Waals surface area contributed by atoms with Gasteiger partial charge in [-0.05, 0) is 37.8 Å². The summed E-state index contributed by atoms with van der Waals surface area (Å²) in [5, 5.41) is 4.43. The van der Waals surface area contributed by atoms with E-state index in [2.05, 4.69) is 5.32 Å². The Hall–Kier alpha value is -0.770. The van der Waals surface area contributed by atoms with Gasteiger partial charge in [0.1, 0.15) is 5.75 Å². The molecule has 0 bridgehead atoms. The van der Waals surface area contributed by atoms with Crippen molar-refractivity contribution >= 4 is 11.6 Å². The van der Waals surface area contributed by atoms with E-state index in [1.807, 2.05) is 18.2 Å². The summed E-state index contributed by atoms with van der Waals surface area (Å²) in [5.41, 5.74) is 1.20. The molecule has 1 heterocycles. The third-order valence-electron chi connectivity index (χ3n) is 4.87. The highest BCUT2D eigenvalue weighted by molar-refractivity contribution is 6.31. The average molecular weight is 310 g/mol. The molecule has 2 fully saturated rings. The molecular formula is C17H24ClNO2. The predicted molar refractivity (Wildman–Crippen MR) is 85.0 cm³/mol. The van der Waals surface area contributed by atoms with Crippen molar-refractivity contribution in [2.24, 2.45) is 0 Å². The van der Waals surface area contributed by atoms with Crippen molar-refractivity contribution in [3.05, 3.63) is 28.8 Å². The smallest absolute Gasteiger partial charge is 0.124 e. The van der Waals surface area contributed by atoms with Gasteiger partial charge in [0.05, 0.1) is 12.7 Å². The molecule has 1 spiro atoms. The Morgan fingerprint density at radius 3 is 2.95 bits per heavy atom. The third-order valence-corrected chi connectivity index (χ3v) is 5.23. The van der Waals surface area contributed by atoms with E-state index < -0.39 is 0 Å². The van der Waals surface area contributed by atoms with E-state index in [1.54, 1.807) is 7.11 Å². The van der Waals surface area contributed by atoms with Gasteiger partial charge in [-0.15, -0.1) is 0 Å². The van der Waals surface area contributed by atoms with E-state index in [9.17, 15) is 0 Å². The van der Waals surface area contributed by atoms with Crippen LogP contribution >= 0.6 is 11.6 Å². The minimum Gasteiger partial charge on any atom is -0.496 e. The molecule has 4 heteroatoms. The van der Waals surface area contributed by atoms with E-state index in [1.165, 1.54) is 25.7 Å². The molecule has 1 aromatic carbocycles. The van der Waals surface area contributed by atoms with E-state index >= 15 is 0 Å². The lowest BCUT2D eigenvalue weighted by Gasteiger charge is -2.38. The zero-order valence-electron chi connectivity index (χ0n) is 12.7. The summed E-state index contributed by atoms with van der Waals surface area (Å²) in [6, 6.07) is 6.32. The highest BCUT2D eigenvalue weighted by Gasteiger charge is 2.39. The van der Waals surface area contributed by atoms with Gasteiger partial charge in [-0.25, -0.2) is 0 Å². The topological polar surface area (TPSA) is 30.5 Å². The van der Waals surface area contributed by atoms with Gasteiger partial charge in [0.25, 0.3) is 0 Å². The molecule has 1 unspecified atom stereocenters. The fourth-order valence-electron chi connectivity index (χ4n) is 3.72. The Balaban J connectivity index is 1.62. The molecule has 3 rings (SSSR count). The summed E-state index contributed by atoms with van der Waals surface area (Å²) in [4.78, 5) is 0. The molecule has 1 aromatic rings. The van der Waals surface area contributed by atoms with Crippen LogP contribution in [0.15, 0.2) is 18.2 Å². The maximum absolute atomic E-state index is 6.30. The van der Waals surface area contributed by atoms with E-state index in [0.717, 1.165) is 42.3 Å². The van der Waals surface area contributed by atoms with Crippen molar-refractivity contribution < 1.29 is 9.47 Å². The Bertz CT molecular complexity index is 486. The predicted octanol–water partition coefficient (Wildman–Crippen LogP) is 3.93. The molecule has 1 atom stereocenters. The van der Waals surface area contributed by atoms with E-state index in [0.29, 0.717) is 6.04 Å². The van der Waals surface area contributed by atoms with Crippen molar-refractivity contribution in [2.75, 3.05) is 13.7 Å². The van der Waals surface area contributed by atoms with Crippen molar-refractivity contribution in [3.8, 4) is 5.75 Å². The molecule has 1 aliphatic carbocycles. The molecule has 116 valence electrons. The first-order valence-corrected chi connectivity index (χ1v) is 8.29. The highest BCUT2D eigenvalue weighted by atomic mass is 35.5. The van der Waals surface area contributed by atoms with Crippen LogP contribution in [-0.4, -0.2) is 25.4 Å². The standard InChI is InChI=1S/C17H24ClNO2/c1-20-16-6-4-5-15(18)14(16)12-19-13-7-10-21-17(11-13)8-2-3-9-17/h4-6,13,19H,2-3,7-12H2,1H3. The normalized spacial score (nSPS) is 24.4. The van der Waals surface area contributed by atoms with Crippen molar-refractivity contribution in [1.29, 1.82) is 0 Å². The van der Waals surface area contributed by atoms with Crippen molar-refractivity contribution in [3.63, 3.8) is 0 Å². The van der Waals surface area contributed by atoms with Crippen molar-refractivity contribution in [1.82, 2.24) is 5.32 Å². The first-order chi connectivity index (χ1) is 10.2. The van der Waals surface area contributed by atoms with Gasteiger partial charge in [0.2, 0.25) is 0 Å². The lowest BCUT2D eigenvalue weighted by atomic mass is 9.89. The minimum atomic E-state index is 0.153. The molecule has 2 aliphatic rings. The number of nitrogens with one attached hydrogen (secondary N) is 1. The van der Waals surface area contributed by atoms with Crippen LogP contribution in [-0.2, 0) is 11.3 Å². The fraction of sp³-hybridized carbons (Fsp3) is 0.647. The first-order valence-electron chi connectivity index (χ1n) is 7.91. The summed E-state index contributed by atoms with van der Waals surface area (Å²) >= 11 is 6.30. The molecule has 0 amide bonds. The van der Waals surface area contributed by atoms with Gasteiger partial charge >= 0.3 is 0 Å². The number of halogens is 1. The van der Waals surface area contributed by atoms with E-state index in [4.69, 9.17) is 21.1 Å². The molecule has 1 aliphatic heterocycles. The molecule has 1 N–H and O–H groups in total. The molecule has 3 nitrogen and oxygen atoms in total. The van der Waals surface area contributed by atoms with Crippen molar-refractivity contribution in [2.45, 2.75) is 56.7 Å². The van der Waals surface area contributed by atoms with Crippen LogP contribution in [0.5, 0.6) is 5.75 Å². The second kappa shape index (κ2) is 6.55. The Labute approximate surface area is 132 Å². The number of ether oxygens (including phenoxy) is 2. The SMILES string of the molecule is COc1cccc(Cl)c1CNC1CCOC2(CCCC2)C1. The Kier molecular flexibility index (Phi) is 4.72. The molecule has 21 heavy (non-hydrogen) atoms. The lowest BCUT2D eigenvalue weighted by molar-refractivity contribution is -0.0837. The van der Waals surface area contributed by atoms with E-state index in [-0.39, 0.29) is 5.60 Å². The monoisotopic (exact) mass is 309 g/mol. The fourth-order valence-corrected chi connectivity index (χ4v) is 3.95. The van der Waals surface area contributed by atoms with Crippen LogP contribution in [0, 0.1) is 0 Å². The summed E-state index contributed by atoms with van der Waals surface area (Å²) in [6.45, 7) is 1.63. The van der Waals surface area contributed by atoms with Crippen LogP contribution in [0.3, 0.4) is 0 Å². The van der Waals surface area contributed by atoms with Gasteiger partial charge in [0.15, 0.2) is 0 Å². The molecule has 0 aromatic heterocycles. The van der Waals surface area contributed by atoms with Gasteiger partial charge in [-0.1, -0.05) is 30.5 Å². The molecule has 1 saturated carbocycles. The molecule has 0 radical (unpaired) electrons. The Morgan fingerprint density at radius 1 is 1.38 bits per heavy atom. The van der Waals surface area contributed by atoms with Gasteiger partial charge in [-0.2, -0.15) is 0 Å². The average Bonchev–Trinajstić information content (AvgIpc) is 2.93. The summed E-state index contributed by atoms with van der Waals surface area (Å²) in [6.07, 6.45) is 7.27. The minimum absolute atomic E-state index is 0.153. The maximum atomic E-state index is 6.30. The van der Waals surface area contributed by atoms with Gasteiger partial charge in [-0.3, -0.25) is 0 Å². The quantitative estimate of drug-likeness (QED) is 0.914. The zero-order valence-corrected chi connectivity index (χ0v) is 13.4. The first kappa shape index (κ1) is 15.1. The second-order valence-electron chi connectivity index (χ2n) is 6.23. The molecular weight excluding hydrogens is 286 g/mol. The van der Waals surface area contributed by atoms with Gasteiger partial charge in [0, 0.05) is 29.8 Å². The van der Waals surface area contributed by atoms with Crippen LogP contribution in [0.4, 0.5) is 0 Å². The molecule has 1 saturated heterocycles. The summed E-state index contributed by atoms with van der Waals surface area (Å²) < 4.78 is 11.5. The largest absolute Gasteiger partial charge is 0.496 e. The van der Waals surface area contributed by atoms with Crippen LogP contribution in [0.2, 0.25) is 5.02 Å². The number of hydrogen-bond acceptors (Lipinski definition) is 3. The van der Waals surface area contributed by atoms with Crippen LogP contribution < -0.4 is 10.1 Å². The van der Waals surface area contributed by atoms with Crippen LogP contribution in [0.25, 0.3) is 0 Å². The summed E-state index contributed by atoms with van der Waals surface area (Å²) in [5.74, 6) is 0.859. The second-order valence-corrected chi connectivity index (χ2v) is 6.64. The van der Waals surface area contributed by atoms with Gasteiger partial charge < -0.3 is 14.8 Å². The number of benzene rings is 1. The maximum Gasteiger partial charge on any atom is 0.124 e.